The van der Waals surface area contributed by atoms with Crippen molar-refractivity contribution in [3.63, 3.8) is 0 Å². The van der Waals surface area contributed by atoms with Gasteiger partial charge in [-0.2, -0.15) is 0 Å². The molecule has 1 saturated carbocycles. The van der Waals surface area contributed by atoms with Gasteiger partial charge in [-0.25, -0.2) is 4.79 Å². The van der Waals surface area contributed by atoms with Crippen molar-refractivity contribution in [2.45, 2.75) is 33.2 Å². The van der Waals surface area contributed by atoms with Gasteiger partial charge >= 0.3 is 5.97 Å². The number of likely N-dealkylation sites (tertiary alicyclic amines) is 1. The molecule has 0 N–H and O–H groups in total. The van der Waals surface area contributed by atoms with E-state index in [2.05, 4.69) is 6.92 Å². The summed E-state index contributed by atoms with van der Waals surface area (Å²) in [5.41, 5.74) is 2.56. The van der Waals surface area contributed by atoms with Gasteiger partial charge in [-0.1, -0.05) is 25.5 Å². The van der Waals surface area contributed by atoms with E-state index in [0.29, 0.717) is 29.9 Å². The van der Waals surface area contributed by atoms with Crippen LogP contribution in [0.25, 0.3) is 0 Å². The van der Waals surface area contributed by atoms with E-state index >= 15 is 0 Å². The number of ether oxygens (including phenoxy) is 1. The number of carbonyl (C=O) groups excluding carboxylic acids is 2. The van der Waals surface area contributed by atoms with Gasteiger partial charge in [0.2, 0.25) is 5.91 Å². The summed E-state index contributed by atoms with van der Waals surface area (Å²) in [6.45, 7) is 5.62. The van der Waals surface area contributed by atoms with Crippen LogP contribution in [0, 0.1) is 24.7 Å². The summed E-state index contributed by atoms with van der Waals surface area (Å²) in [5, 5.41) is 0. The Labute approximate surface area is 131 Å². The van der Waals surface area contributed by atoms with Crippen molar-refractivity contribution >= 4 is 11.9 Å². The summed E-state index contributed by atoms with van der Waals surface area (Å²) in [7, 11) is 1.39. The van der Waals surface area contributed by atoms with Crippen molar-refractivity contribution in [2.24, 2.45) is 17.8 Å². The Morgan fingerprint density at radius 3 is 2.73 bits per heavy atom. The zero-order valence-corrected chi connectivity index (χ0v) is 13.5. The van der Waals surface area contributed by atoms with Gasteiger partial charge in [0.15, 0.2) is 0 Å². The monoisotopic (exact) mass is 301 g/mol. The Morgan fingerprint density at radius 1 is 1.41 bits per heavy atom. The largest absolute Gasteiger partial charge is 0.465 e. The SMILES string of the molecule is CCCC1C2CN(Cc3ccc(C(=O)OC)c(C)c3)C(=O)C12. The first-order chi connectivity index (χ1) is 10.6. The van der Waals surface area contributed by atoms with Crippen molar-refractivity contribution in [3.8, 4) is 0 Å². The van der Waals surface area contributed by atoms with Crippen molar-refractivity contribution in [2.75, 3.05) is 13.7 Å². The summed E-state index contributed by atoms with van der Waals surface area (Å²) in [5.74, 6) is 1.51. The molecule has 2 fully saturated rings. The van der Waals surface area contributed by atoms with E-state index in [-0.39, 0.29) is 11.9 Å². The van der Waals surface area contributed by atoms with Gasteiger partial charge in [-0.05, 0) is 42.4 Å². The molecule has 1 heterocycles. The fraction of sp³-hybridized carbons (Fsp3) is 0.556. The third-order valence-electron chi connectivity index (χ3n) is 5.05. The fourth-order valence-electron chi connectivity index (χ4n) is 3.87. The summed E-state index contributed by atoms with van der Waals surface area (Å²) in [6.07, 6.45) is 2.35. The van der Waals surface area contributed by atoms with E-state index in [9.17, 15) is 9.59 Å². The van der Waals surface area contributed by atoms with Crippen LogP contribution >= 0.6 is 0 Å². The molecule has 3 rings (SSSR count). The number of nitrogens with zero attached hydrogens (tertiary/aromatic N) is 1. The maximum Gasteiger partial charge on any atom is 0.338 e. The van der Waals surface area contributed by atoms with Crippen LogP contribution in [0.15, 0.2) is 18.2 Å². The Balaban J connectivity index is 1.65. The lowest BCUT2D eigenvalue weighted by Crippen LogP contribution is -2.29. The molecule has 22 heavy (non-hydrogen) atoms. The molecule has 4 nitrogen and oxygen atoms in total. The van der Waals surface area contributed by atoms with Gasteiger partial charge in [0.1, 0.15) is 0 Å². The first kappa shape index (κ1) is 15.1. The van der Waals surface area contributed by atoms with Crippen LogP contribution in [-0.2, 0) is 16.1 Å². The molecule has 0 bridgehead atoms. The fourth-order valence-corrected chi connectivity index (χ4v) is 3.87. The summed E-state index contributed by atoms with van der Waals surface area (Å²) >= 11 is 0. The molecular weight excluding hydrogens is 278 g/mol. The lowest BCUT2D eigenvalue weighted by molar-refractivity contribution is -0.131. The number of fused-ring (bicyclic) bond motifs is 1. The van der Waals surface area contributed by atoms with E-state index in [0.717, 1.165) is 17.7 Å². The number of hydrogen-bond acceptors (Lipinski definition) is 3. The second-order valence-corrected chi connectivity index (χ2v) is 6.50. The molecular formula is C18H23NO3. The van der Waals surface area contributed by atoms with Crippen molar-refractivity contribution in [3.05, 3.63) is 34.9 Å². The molecule has 4 heteroatoms. The predicted molar refractivity (Wildman–Crippen MR) is 83.3 cm³/mol. The number of aryl methyl sites for hydroxylation is 1. The molecule has 1 amide bonds. The number of benzene rings is 1. The Kier molecular flexibility index (Phi) is 3.94. The molecule has 0 spiro atoms. The van der Waals surface area contributed by atoms with Crippen LogP contribution in [-0.4, -0.2) is 30.4 Å². The zero-order valence-electron chi connectivity index (χ0n) is 13.5. The smallest absolute Gasteiger partial charge is 0.338 e. The van der Waals surface area contributed by atoms with Crippen LogP contribution in [0.1, 0.15) is 41.3 Å². The minimum absolute atomic E-state index is 0.287. The third kappa shape index (κ3) is 2.51. The molecule has 3 unspecified atom stereocenters. The minimum atomic E-state index is -0.315. The summed E-state index contributed by atoms with van der Waals surface area (Å²) in [6, 6.07) is 5.69. The first-order valence-electron chi connectivity index (χ1n) is 8.03. The quantitative estimate of drug-likeness (QED) is 0.786. The molecule has 1 aliphatic heterocycles. The van der Waals surface area contributed by atoms with Crippen LogP contribution < -0.4 is 0 Å². The molecule has 0 radical (unpaired) electrons. The Hall–Kier alpha value is -1.84. The van der Waals surface area contributed by atoms with Gasteiger partial charge in [0, 0.05) is 19.0 Å². The van der Waals surface area contributed by atoms with Crippen molar-refractivity contribution in [1.82, 2.24) is 4.90 Å². The lowest BCUT2D eigenvalue weighted by Gasteiger charge is -2.20. The van der Waals surface area contributed by atoms with Gasteiger partial charge in [-0.15, -0.1) is 0 Å². The second-order valence-electron chi connectivity index (χ2n) is 6.50. The second kappa shape index (κ2) is 5.75. The maximum atomic E-state index is 12.4. The van der Waals surface area contributed by atoms with E-state index in [4.69, 9.17) is 4.74 Å². The van der Waals surface area contributed by atoms with E-state index < -0.39 is 0 Å². The third-order valence-corrected chi connectivity index (χ3v) is 5.05. The Morgan fingerprint density at radius 2 is 2.18 bits per heavy atom. The summed E-state index contributed by atoms with van der Waals surface area (Å²) < 4.78 is 4.76. The van der Waals surface area contributed by atoms with Crippen LogP contribution in [0.2, 0.25) is 0 Å². The highest BCUT2D eigenvalue weighted by molar-refractivity contribution is 5.91. The van der Waals surface area contributed by atoms with Gasteiger partial charge in [-0.3, -0.25) is 4.79 Å². The number of piperidine rings is 1. The molecule has 1 aliphatic carbocycles. The highest BCUT2D eigenvalue weighted by Crippen LogP contribution is 2.54. The number of methoxy groups -OCH3 is 1. The Bertz CT molecular complexity index is 610. The average Bonchev–Trinajstić information content (AvgIpc) is 3.07. The van der Waals surface area contributed by atoms with Crippen LogP contribution in [0.3, 0.4) is 0 Å². The summed E-state index contributed by atoms with van der Waals surface area (Å²) in [4.78, 5) is 26.0. The molecule has 1 aromatic rings. The van der Waals surface area contributed by atoms with Gasteiger partial charge in [0.05, 0.1) is 12.7 Å². The normalized spacial score (nSPS) is 26.0. The number of hydrogen-bond donors (Lipinski definition) is 0. The highest BCUT2D eigenvalue weighted by Gasteiger charge is 2.60. The first-order valence-corrected chi connectivity index (χ1v) is 8.03. The number of carbonyl (C=O) groups is 2. The number of amides is 1. The van der Waals surface area contributed by atoms with Crippen LogP contribution in [0.5, 0.6) is 0 Å². The standard InChI is InChI=1S/C18H23NO3/c1-4-5-14-15-10-19(17(20)16(14)15)9-12-6-7-13(11(2)8-12)18(21)22-3/h6-8,14-16H,4-5,9-10H2,1-3H3. The molecule has 2 aliphatic rings. The van der Waals surface area contributed by atoms with Gasteiger partial charge in [0.25, 0.3) is 0 Å². The average molecular weight is 301 g/mol. The molecule has 1 aromatic carbocycles. The van der Waals surface area contributed by atoms with Crippen molar-refractivity contribution in [1.29, 1.82) is 0 Å². The molecule has 1 saturated heterocycles. The number of rotatable bonds is 5. The van der Waals surface area contributed by atoms with E-state index in [1.54, 1.807) is 6.07 Å². The molecule has 118 valence electrons. The lowest BCUT2D eigenvalue weighted by atomic mass is 10.0. The van der Waals surface area contributed by atoms with E-state index in [1.165, 1.54) is 20.0 Å². The van der Waals surface area contributed by atoms with E-state index in [1.807, 2.05) is 24.0 Å². The highest BCUT2D eigenvalue weighted by atomic mass is 16.5. The molecule has 3 atom stereocenters. The van der Waals surface area contributed by atoms with Gasteiger partial charge < -0.3 is 9.64 Å². The minimum Gasteiger partial charge on any atom is -0.465 e. The zero-order chi connectivity index (χ0) is 15.9. The van der Waals surface area contributed by atoms with Crippen molar-refractivity contribution < 1.29 is 14.3 Å². The molecule has 0 aromatic heterocycles. The maximum absolute atomic E-state index is 12.4. The van der Waals surface area contributed by atoms with Crippen LogP contribution in [0.4, 0.5) is 0 Å². The number of esters is 1. The topological polar surface area (TPSA) is 46.6 Å². The predicted octanol–water partition coefficient (Wildman–Crippen LogP) is 2.79.